The Morgan fingerprint density at radius 3 is 2.53 bits per heavy atom. The third kappa shape index (κ3) is 5.13. The SMILES string of the molecule is CC[C@H](C)[C@@H](NC(=O)Nc1ccc(F)cc1F)c1nc(-c2ccc(OC)c(OC)c2)no1. The Labute approximate surface area is 183 Å². The molecule has 0 aliphatic rings. The van der Waals surface area contributed by atoms with Gasteiger partial charge in [-0.05, 0) is 36.2 Å². The molecule has 32 heavy (non-hydrogen) atoms. The summed E-state index contributed by atoms with van der Waals surface area (Å²) in [7, 11) is 3.06. The average Bonchev–Trinajstić information content (AvgIpc) is 3.28. The molecule has 0 unspecified atom stereocenters. The maximum absolute atomic E-state index is 13.9. The topological polar surface area (TPSA) is 98.5 Å². The summed E-state index contributed by atoms with van der Waals surface area (Å²) in [5.41, 5.74) is 0.488. The number of amides is 2. The van der Waals surface area contributed by atoms with Crippen LogP contribution in [0.4, 0.5) is 19.3 Å². The molecule has 2 atom stereocenters. The minimum atomic E-state index is -0.881. The number of rotatable bonds is 8. The Morgan fingerprint density at radius 1 is 1.12 bits per heavy atom. The number of urea groups is 1. The van der Waals surface area contributed by atoms with Crippen molar-refractivity contribution in [3.8, 4) is 22.9 Å². The summed E-state index contributed by atoms with van der Waals surface area (Å²) in [6.45, 7) is 3.85. The van der Waals surface area contributed by atoms with Crippen LogP contribution in [0.15, 0.2) is 40.9 Å². The van der Waals surface area contributed by atoms with E-state index in [1.54, 1.807) is 18.2 Å². The van der Waals surface area contributed by atoms with E-state index in [1.165, 1.54) is 14.2 Å². The fourth-order valence-corrected chi connectivity index (χ4v) is 3.03. The highest BCUT2D eigenvalue weighted by molar-refractivity contribution is 5.89. The Bertz CT molecular complexity index is 1090. The van der Waals surface area contributed by atoms with Gasteiger partial charge in [0, 0.05) is 11.6 Å². The standard InChI is InChI=1S/C22H24F2N4O4/c1-5-12(2)19(26-22(29)25-16-8-7-14(23)11-15(16)24)21-27-20(28-32-21)13-6-9-17(30-3)18(10-13)31-4/h6-12,19H,5H2,1-4H3,(H2,25,26,29)/t12-,19+/m0/s1. The van der Waals surface area contributed by atoms with Crippen molar-refractivity contribution < 1.29 is 27.6 Å². The number of carbonyl (C=O) groups is 1. The molecule has 0 saturated carbocycles. The Morgan fingerprint density at radius 2 is 1.88 bits per heavy atom. The van der Waals surface area contributed by atoms with Crippen molar-refractivity contribution in [1.82, 2.24) is 15.5 Å². The molecule has 0 radical (unpaired) electrons. The van der Waals surface area contributed by atoms with Crippen molar-refractivity contribution in [2.75, 3.05) is 19.5 Å². The van der Waals surface area contributed by atoms with E-state index < -0.39 is 23.7 Å². The van der Waals surface area contributed by atoms with Crippen LogP contribution in [0, 0.1) is 17.6 Å². The fraction of sp³-hybridized carbons (Fsp3) is 0.318. The Kier molecular flexibility index (Phi) is 7.24. The van der Waals surface area contributed by atoms with E-state index in [1.807, 2.05) is 13.8 Å². The number of nitrogens with one attached hydrogen (secondary N) is 2. The molecule has 10 heteroatoms. The number of nitrogens with zero attached hydrogens (tertiary/aromatic N) is 2. The highest BCUT2D eigenvalue weighted by Gasteiger charge is 2.27. The summed E-state index contributed by atoms with van der Waals surface area (Å²) >= 11 is 0. The van der Waals surface area contributed by atoms with Crippen LogP contribution in [0.1, 0.15) is 32.2 Å². The summed E-state index contributed by atoms with van der Waals surface area (Å²) in [5.74, 6) is -0.122. The fourth-order valence-electron chi connectivity index (χ4n) is 3.03. The van der Waals surface area contributed by atoms with Crippen LogP contribution in [-0.4, -0.2) is 30.4 Å². The van der Waals surface area contributed by atoms with Crippen LogP contribution in [0.2, 0.25) is 0 Å². The number of anilines is 1. The Hall–Kier alpha value is -3.69. The van der Waals surface area contributed by atoms with E-state index in [0.717, 1.165) is 12.1 Å². The molecule has 0 bridgehead atoms. The van der Waals surface area contributed by atoms with Crippen molar-refractivity contribution >= 4 is 11.7 Å². The van der Waals surface area contributed by atoms with E-state index >= 15 is 0 Å². The maximum atomic E-state index is 13.9. The number of halogens is 2. The molecule has 3 aromatic rings. The summed E-state index contributed by atoms with van der Waals surface area (Å²) in [6, 6.07) is 6.75. The molecule has 1 heterocycles. The highest BCUT2D eigenvalue weighted by Crippen LogP contribution is 2.32. The van der Waals surface area contributed by atoms with Gasteiger partial charge in [-0.1, -0.05) is 25.4 Å². The molecule has 1 aromatic heterocycles. The first-order chi connectivity index (χ1) is 15.4. The molecule has 3 rings (SSSR count). The number of carbonyl (C=O) groups excluding carboxylic acids is 1. The summed E-state index contributed by atoms with van der Waals surface area (Å²) in [6.07, 6.45) is 0.698. The van der Waals surface area contributed by atoms with Gasteiger partial charge in [0.2, 0.25) is 11.7 Å². The van der Waals surface area contributed by atoms with Crippen molar-refractivity contribution in [2.24, 2.45) is 5.92 Å². The number of ether oxygens (including phenoxy) is 2. The predicted octanol–water partition coefficient (Wildman–Crippen LogP) is 4.94. The van der Waals surface area contributed by atoms with Crippen LogP contribution in [0.5, 0.6) is 11.5 Å². The van der Waals surface area contributed by atoms with Gasteiger partial charge < -0.3 is 24.6 Å². The minimum Gasteiger partial charge on any atom is -0.493 e. The van der Waals surface area contributed by atoms with Gasteiger partial charge in [0.15, 0.2) is 11.5 Å². The second-order valence-corrected chi connectivity index (χ2v) is 7.11. The van der Waals surface area contributed by atoms with E-state index in [9.17, 15) is 13.6 Å². The predicted molar refractivity (Wildman–Crippen MR) is 114 cm³/mol. The highest BCUT2D eigenvalue weighted by atomic mass is 19.1. The van der Waals surface area contributed by atoms with Gasteiger partial charge in [0.25, 0.3) is 0 Å². The number of benzene rings is 2. The van der Waals surface area contributed by atoms with Crippen LogP contribution in [0.3, 0.4) is 0 Å². The van der Waals surface area contributed by atoms with Gasteiger partial charge in [-0.25, -0.2) is 13.6 Å². The van der Waals surface area contributed by atoms with Gasteiger partial charge in [0.1, 0.15) is 17.7 Å². The van der Waals surface area contributed by atoms with Crippen molar-refractivity contribution in [3.05, 3.63) is 53.9 Å². The maximum Gasteiger partial charge on any atom is 0.319 e. The number of methoxy groups -OCH3 is 2. The lowest BCUT2D eigenvalue weighted by Crippen LogP contribution is -2.36. The van der Waals surface area contributed by atoms with Crippen LogP contribution < -0.4 is 20.1 Å². The molecular formula is C22H24F2N4O4. The molecule has 0 spiro atoms. The number of aromatic nitrogens is 2. The van der Waals surface area contributed by atoms with E-state index in [2.05, 4.69) is 20.8 Å². The lowest BCUT2D eigenvalue weighted by molar-refractivity contribution is 0.232. The van der Waals surface area contributed by atoms with Gasteiger partial charge in [-0.15, -0.1) is 0 Å². The molecular weight excluding hydrogens is 422 g/mol. The molecule has 0 aliphatic heterocycles. The lowest BCUT2D eigenvalue weighted by atomic mass is 9.99. The minimum absolute atomic E-state index is 0.0717. The third-order valence-corrected chi connectivity index (χ3v) is 5.03. The first-order valence-electron chi connectivity index (χ1n) is 9.94. The zero-order valence-electron chi connectivity index (χ0n) is 18.1. The van der Waals surface area contributed by atoms with Gasteiger partial charge in [0.05, 0.1) is 19.9 Å². The molecule has 0 fully saturated rings. The largest absolute Gasteiger partial charge is 0.493 e. The molecule has 0 saturated heterocycles. The summed E-state index contributed by atoms with van der Waals surface area (Å²) in [5, 5.41) is 9.11. The first kappa shape index (κ1) is 23.0. The molecule has 170 valence electrons. The monoisotopic (exact) mass is 446 g/mol. The second-order valence-electron chi connectivity index (χ2n) is 7.11. The molecule has 2 N–H and O–H groups in total. The average molecular weight is 446 g/mol. The zero-order chi connectivity index (χ0) is 23.3. The third-order valence-electron chi connectivity index (χ3n) is 5.03. The van der Waals surface area contributed by atoms with E-state index in [0.29, 0.717) is 35.4 Å². The van der Waals surface area contributed by atoms with E-state index in [-0.39, 0.29) is 17.5 Å². The lowest BCUT2D eigenvalue weighted by Gasteiger charge is -2.21. The molecule has 0 aliphatic carbocycles. The summed E-state index contributed by atoms with van der Waals surface area (Å²) in [4.78, 5) is 16.9. The second kappa shape index (κ2) is 10.1. The van der Waals surface area contributed by atoms with Gasteiger partial charge >= 0.3 is 6.03 Å². The smallest absolute Gasteiger partial charge is 0.319 e. The molecule has 2 amide bonds. The quantitative estimate of drug-likeness (QED) is 0.509. The van der Waals surface area contributed by atoms with Crippen molar-refractivity contribution in [2.45, 2.75) is 26.3 Å². The molecule has 8 nitrogen and oxygen atoms in total. The normalized spacial score (nSPS) is 12.7. The van der Waals surface area contributed by atoms with Crippen LogP contribution in [-0.2, 0) is 0 Å². The van der Waals surface area contributed by atoms with Gasteiger partial charge in [-0.3, -0.25) is 0 Å². The number of hydrogen-bond acceptors (Lipinski definition) is 6. The van der Waals surface area contributed by atoms with Crippen molar-refractivity contribution in [3.63, 3.8) is 0 Å². The Balaban J connectivity index is 1.81. The van der Waals surface area contributed by atoms with Crippen LogP contribution >= 0.6 is 0 Å². The summed E-state index contributed by atoms with van der Waals surface area (Å²) < 4.78 is 42.9. The van der Waals surface area contributed by atoms with Crippen LogP contribution in [0.25, 0.3) is 11.4 Å². The first-order valence-corrected chi connectivity index (χ1v) is 9.94. The van der Waals surface area contributed by atoms with Gasteiger partial charge in [-0.2, -0.15) is 4.98 Å². The molecule has 2 aromatic carbocycles. The van der Waals surface area contributed by atoms with E-state index in [4.69, 9.17) is 14.0 Å². The van der Waals surface area contributed by atoms with Crippen molar-refractivity contribution in [1.29, 1.82) is 0 Å². The number of hydrogen-bond donors (Lipinski definition) is 2. The zero-order valence-corrected chi connectivity index (χ0v) is 18.1.